The Morgan fingerprint density at radius 3 is 1.07 bits per heavy atom. The summed E-state index contributed by atoms with van der Waals surface area (Å²) in [6.45, 7) is 0. The first-order valence-electron chi connectivity index (χ1n) is 26.0. The van der Waals surface area contributed by atoms with Gasteiger partial charge in [0.2, 0.25) is 11.6 Å². The number of para-hydroxylation sites is 6. The van der Waals surface area contributed by atoms with Crippen molar-refractivity contribution in [3.63, 3.8) is 0 Å². The maximum absolute atomic E-state index is 5.43. The van der Waals surface area contributed by atoms with Crippen molar-refractivity contribution in [1.82, 2.24) is 27.9 Å². The van der Waals surface area contributed by atoms with Crippen LogP contribution in [0.15, 0.2) is 291 Å². The Kier molecular flexibility index (Phi) is 10.1. The summed E-state index contributed by atoms with van der Waals surface area (Å²) in [5, 5.41) is 10.5. The van der Waals surface area contributed by atoms with Crippen LogP contribution in [0.25, 0.3) is 67.1 Å². The molecule has 0 atom stereocenters. The van der Waals surface area contributed by atoms with Crippen LogP contribution in [0.4, 0.5) is 0 Å². The zero-order valence-corrected chi connectivity index (χ0v) is 43.4. The van der Waals surface area contributed by atoms with Gasteiger partial charge in [-0.3, -0.25) is 17.9 Å². The van der Waals surface area contributed by atoms with Gasteiger partial charge in [-0.25, -0.2) is 9.97 Å². The molecule has 358 valence electrons. The zero-order valence-electron chi connectivity index (χ0n) is 41.4. The molecule has 4 heterocycles. The van der Waals surface area contributed by atoms with Crippen molar-refractivity contribution in [3.8, 4) is 11.4 Å². The van der Waals surface area contributed by atoms with Gasteiger partial charge < -0.3 is 0 Å². The number of aromatic nitrogens is 6. The molecule has 0 N–H and O–H groups in total. The first-order valence-corrected chi connectivity index (χ1v) is 30.0. The molecule has 0 bridgehead atoms. The van der Waals surface area contributed by atoms with Crippen LogP contribution in [-0.4, -0.2) is 44.1 Å². The Hall–Kier alpha value is -9.61. The highest BCUT2D eigenvalue weighted by molar-refractivity contribution is 7.22. The van der Waals surface area contributed by atoms with Crippen LogP contribution in [0.5, 0.6) is 0 Å². The third kappa shape index (κ3) is 6.44. The molecule has 0 aliphatic rings. The van der Waals surface area contributed by atoms with Crippen LogP contribution in [-0.2, 0) is 0 Å². The molecule has 76 heavy (non-hydrogen) atoms. The second-order valence-electron chi connectivity index (χ2n) is 19.8. The van der Waals surface area contributed by atoms with Crippen LogP contribution in [0.2, 0.25) is 0 Å². The molecule has 0 spiro atoms. The summed E-state index contributed by atoms with van der Waals surface area (Å²) in [6.07, 6.45) is 0. The lowest BCUT2D eigenvalue weighted by molar-refractivity contribution is 1.11. The Labute approximate surface area is 441 Å². The van der Waals surface area contributed by atoms with E-state index >= 15 is 0 Å². The monoisotopic (exact) mass is 1000 g/mol. The number of benzene rings is 11. The summed E-state index contributed by atoms with van der Waals surface area (Å²) in [6, 6.07) is 108. The Morgan fingerprint density at radius 2 is 0.566 bits per heavy atom. The van der Waals surface area contributed by atoms with Crippen molar-refractivity contribution in [2.24, 2.45) is 0 Å². The van der Waals surface area contributed by atoms with Gasteiger partial charge in [-0.05, 0) is 114 Å². The normalized spacial score (nSPS) is 12.2. The number of fused-ring (bicyclic) bond motifs is 10. The summed E-state index contributed by atoms with van der Waals surface area (Å²) < 4.78 is 9.36. The van der Waals surface area contributed by atoms with Gasteiger partial charge in [-0.2, -0.15) is 0 Å². The summed E-state index contributed by atoms with van der Waals surface area (Å²) in [5.41, 5.74) is 10.7. The summed E-state index contributed by atoms with van der Waals surface area (Å²) in [5.74, 6) is 1.79. The molecule has 0 unspecified atom stereocenters. The van der Waals surface area contributed by atoms with E-state index in [1.807, 2.05) is 0 Å². The van der Waals surface area contributed by atoms with Gasteiger partial charge in [-0.15, -0.1) is 0 Å². The molecule has 0 aliphatic heterocycles. The molecule has 11 aromatic carbocycles. The predicted octanol–water partition coefficient (Wildman–Crippen LogP) is 9.93. The number of rotatable bonds is 10. The van der Waals surface area contributed by atoms with E-state index in [1.165, 1.54) is 41.5 Å². The van der Waals surface area contributed by atoms with Gasteiger partial charge >= 0.3 is 0 Å². The summed E-state index contributed by atoms with van der Waals surface area (Å²) in [4.78, 5) is 10.7. The Morgan fingerprint density at radius 1 is 0.224 bits per heavy atom. The van der Waals surface area contributed by atoms with Crippen molar-refractivity contribution in [2.45, 2.75) is 0 Å². The van der Waals surface area contributed by atoms with Crippen LogP contribution < -0.4 is 41.5 Å². The highest BCUT2D eigenvalue weighted by Crippen LogP contribution is 2.31. The van der Waals surface area contributed by atoms with E-state index in [-0.39, 0.29) is 0 Å². The lowest BCUT2D eigenvalue weighted by Crippen LogP contribution is -2.77. The second-order valence-corrected chi connectivity index (χ2v) is 27.4. The SMILES string of the molecule is c1ccc(-n2c3ccccc3n3c4cc([Si](c5ccccc5)(c5ccccc5)c5cccc([Si](c6ccccc6)(c6ccccc6)c6ccc7c(c6)n6c8ccccc8nc6n7-c6ccccc6)c5)ccc4nc23)cc1. The minimum Gasteiger partial charge on any atom is -0.278 e. The molecule has 0 saturated heterocycles. The van der Waals surface area contributed by atoms with Crippen molar-refractivity contribution in [2.75, 3.05) is 0 Å². The molecular weight excluding hydrogens is 957 g/mol. The minimum absolute atomic E-state index is 0.895. The second kappa shape index (κ2) is 17.5. The molecular formula is C68H48N6Si2. The third-order valence-corrected chi connectivity index (χ3v) is 25.4. The van der Waals surface area contributed by atoms with E-state index in [2.05, 4.69) is 309 Å². The lowest BCUT2D eigenvalue weighted by atomic mass is 10.2. The lowest BCUT2D eigenvalue weighted by Gasteiger charge is -2.38. The average molecular weight is 1010 g/mol. The molecule has 6 nitrogen and oxygen atoms in total. The number of imidazole rings is 4. The molecule has 0 radical (unpaired) electrons. The predicted molar refractivity (Wildman–Crippen MR) is 320 cm³/mol. The average Bonchev–Trinajstić information content (AvgIpc) is 4.31. The smallest absolute Gasteiger partial charge is 0.220 e. The molecule has 0 saturated carbocycles. The van der Waals surface area contributed by atoms with Crippen molar-refractivity contribution in [1.29, 1.82) is 0 Å². The third-order valence-electron chi connectivity index (χ3n) is 15.9. The van der Waals surface area contributed by atoms with E-state index < -0.39 is 16.1 Å². The number of hydrogen-bond acceptors (Lipinski definition) is 2. The van der Waals surface area contributed by atoms with Gasteiger partial charge in [0, 0.05) is 11.4 Å². The maximum Gasteiger partial charge on any atom is 0.220 e. The van der Waals surface area contributed by atoms with Crippen LogP contribution >= 0.6 is 0 Å². The largest absolute Gasteiger partial charge is 0.278 e. The van der Waals surface area contributed by atoms with Crippen molar-refractivity contribution >= 4 is 113 Å². The highest BCUT2D eigenvalue weighted by Gasteiger charge is 2.46. The zero-order chi connectivity index (χ0) is 50.2. The number of nitrogens with zero attached hydrogens (tertiary/aromatic N) is 6. The standard InChI is InChI=1S/C68H48N6Si2/c1-7-24-49(25-8-1)71-62-40-21-22-41-63(62)74-65-47-57(42-44-60(65)70-68(71)74)75(51-28-11-3-12-29-51,52-30-13-4-14-31-52)55-36-23-37-56(46-55)76(53-32-15-5-16-33-53,54-34-17-6-18-35-54)58-43-45-64-66(48-58)73-61-39-20-19-38-59(61)69-67(73)72(64)50-26-9-2-10-27-50/h1-48H. The molecule has 0 fully saturated rings. The van der Waals surface area contributed by atoms with Gasteiger partial charge in [0.15, 0.2) is 16.1 Å². The van der Waals surface area contributed by atoms with E-state index in [4.69, 9.17) is 9.97 Å². The van der Waals surface area contributed by atoms with Gasteiger partial charge in [0.1, 0.15) is 0 Å². The summed E-state index contributed by atoms with van der Waals surface area (Å²) in [7, 11) is -6.39. The molecule has 0 aliphatic carbocycles. The van der Waals surface area contributed by atoms with E-state index in [0.29, 0.717) is 0 Å². The maximum atomic E-state index is 5.43. The van der Waals surface area contributed by atoms with Crippen LogP contribution in [0.3, 0.4) is 0 Å². The Bertz CT molecular complexity index is 4550. The fourth-order valence-corrected chi connectivity index (χ4v) is 22.4. The van der Waals surface area contributed by atoms with Gasteiger partial charge in [0.05, 0.1) is 44.1 Å². The quantitative estimate of drug-likeness (QED) is 0.101. The van der Waals surface area contributed by atoms with E-state index in [9.17, 15) is 0 Å². The number of hydrogen-bond donors (Lipinski definition) is 0. The van der Waals surface area contributed by atoms with Crippen molar-refractivity contribution < 1.29 is 0 Å². The fraction of sp³-hybridized carbons (Fsp3) is 0. The Balaban J connectivity index is 1.04. The van der Waals surface area contributed by atoms with Gasteiger partial charge in [0.25, 0.3) is 0 Å². The molecule has 8 heteroatoms. The minimum atomic E-state index is -3.20. The molecule has 0 amide bonds. The van der Waals surface area contributed by atoms with Crippen molar-refractivity contribution in [3.05, 3.63) is 291 Å². The molecule has 15 rings (SSSR count). The fourth-order valence-electron chi connectivity index (χ4n) is 12.7. The molecule has 4 aromatic heterocycles. The first kappa shape index (κ1) is 43.9. The highest BCUT2D eigenvalue weighted by atomic mass is 28.3. The first-order chi connectivity index (χ1) is 37.7. The van der Waals surface area contributed by atoms with Crippen LogP contribution in [0.1, 0.15) is 0 Å². The van der Waals surface area contributed by atoms with Crippen LogP contribution in [0, 0.1) is 0 Å². The topological polar surface area (TPSA) is 44.5 Å². The van der Waals surface area contributed by atoms with E-state index in [0.717, 1.165) is 67.1 Å². The van der Waals surface area contributed by atoms with E-state index in [1.54, 1.807) is 0 Å². The molecule has 15 aromatic rings. The summed E-state index contributed by atoms with van der Waals surface area (Å²) >= 11 is 0. The van der Waals surface area contributed by atoms with Gasteiger partial charge in [-0.1, -0.05) is 218 Å².